The highest BCUT2D eigenvalue weighted by Crippen LogP contribution is 2.23. The molecule has 1 N–H and O–H groups in total. The van der Waals surface area contributed by atoms with Crippen LogP contribution in [0.15, 0.2) is 30.3 Å². The van der Waals surface area contributed by atoms with Crippen LogP contribution in [-0.4, -0.2) is 30.1 Å². The number of nitrogens with zero attached hydrogens (tertiary/aromatic N) is 1. The predicted octanol–water partition coefficient (Wildman–Crippen LogP) is 2.43. The average molecular weight is 218 g/mol. The van der Waals surface area contributed by atoms with E-state index in [1.54, 1.807) is 0 Å². The summed E-state index contributed by atoms with van der Waals surface area (Å²) >= 11 is 0. The Morgan fingerprint density at radius 2 is 1.94 bits per heavy atom. The highest BCUT2D eigenvalue weighted by molar-refractivity contribution is 5.18. The van der Waals surface area contributed by atoms with Gasteiger partial charge in [-0.2, -0.15) is 0 Å². The lowest BCUT2D eigenvalue weighted by molar-refractivity contribution is 0.103. The standard InChI is InChI=1S/C14H22N2/c1-11-10-16(12(2)9-15-11)13(3)14-7-5-4-6-8-14/h4-8,11-13,15H,9-10H2,1-3H3. The monoisotopic (exact) mass is 218 g/mol. The predicted molar refractivity (Wildman–Crippen MR) is 68.5 cm³/mol. The van der Waals surface area contributed by atoms with Crippen molar-refractivity contribution >= 4 is 0 Å². The summed E-state index contributed by atoms with van der Waals surface area (Å²) in [6.07, 6.45) is 0. The molecule has 0 saturated carbocycles. The number of benzene rings is 1. The van der Waals surface area contributed by atoms with E-state index in [-0.39, 0.29) is 0 Å². The summed E-state index contributed by atoms with van der Waals surface area (Å²) < 4.78 is 0. The van der Waals surface area contributed by atoms with Crippen LogP contribution in [0.4, 0.5) is 0 Å². The number of nitrogens with one attached hydrogen (secondary N) is 1. The van der Waals surface area contributed by atoms with Crippen molar-refractivity contribution in [3.05, 3.63) is 35.9 Å². The molecule has 0 bridgehead atoms. The van der Waals surface area contributed by atoms with Gasteiger partial charge in [-0.05, 0) is 26.3 Å². The minimum atomic E-state index is 0.515. The molecule has 1 aliphatic rings. The summed E-state index contributed by atoms with van der Waals surface area (Å²) in [5.74, 6) is 0. The second-order valence-electron chi connectivity index (χ2n) is 4.94. The molecule has 3 atom stereocenters. The van der Waals surface area contributed by atoms with Crippen LogP contribution in [0.1, 0.15) is 32.4 Å². The molecule has 1 saturated heterocycles. The van der Waals surface area contributed by atoms with Gasteiger partial charge in [0, 0.05) is 31.2 Å². The fourth-order valence-electron chi connectivity index (χ4n) is 2.51. The van der Waals surface area contributed by atoms with Crippen molar-refractivity contribution < 1.29 is 0 Å². The van der Waals surface area contributed by atoms with E-state index in [2.05, 4.69) is 61.3 Å². The number of piperazine rings is 1. The van der Waals surface area contributed by atoms with E-state index in [1.165, 1.54) is 5.56 Å². The molecule has 88 valence electrons. The summed E-state index contributed by atoms with van der Waals surface area (Å²) in [5, 5.41) is 3.53. The van der Waals surface area contributed by atoms with E-state index in [1.807, 2.05) is 0 Å². The van der Waals surface area contributed by atoms with Gasteiger partial charge in [0.2, 0.25) is 0 Å². The molecule has 1 fully saturated rings. The van der Waals surface area contributed by atoms with Gasteiger partial charge in [-0.3, -0.25) is 4.90 Å². The van der Waals surface area contributed by atoms with Crippen LogP contribution < -0.4 is 5.32 Å². The molecule has 1 heterocycles. The molecule has 3 unspecified atom stereocenters. The molecule has 0 spiro atoms. The molecule has 1 aliphatic heterocycles. The van der Waals surface area contributed by atoms with Gasteiger partial charge in [-0.1, -0.05) is 30.3 Å². The maximum atomic E-state index is 3.53. The Morgan fingerprint density at radius 1 is 1.25 bits per heavy atom. The molecule has 0 aromatic heterocycles. The van der Waals surface area contributed by atoms with Crippen molar-refractivity contribution in [1.82, 2.24) is 10.2 Å². The second-order valence-corrected chi connectivity index (χ2v) is 4.94. The van der Waals surface area contributed by atoms with Crippen molar-refractivity contribution in [2.45, 2.75) is 38.9 Å². The molecule has 0 aliphatic carbocycles. The van der Waals surface area contributed by atoms with Gasteiger partial charge in [0.25, 0.3) is 0 Å². The molecular formula is C14H22N2. The van der Waals surface area contributed by atoms with Crippen LogP contribution in [-0.2, 0) is 0 Å². The number of hydrogen-bond donors (Lipinski definition) is 1. The quantitative estimate of drug-likeness (QED) is 0.820. The summed E-state index contributed by atoms with van der Waals surface area (Å²) in [4.78, 5) is 2.59. The van der Waals surface area contributed by atoms with Gasteiger partial charge in [0.15, 0.2) is 0 Å². The van der Waals surface area contributed by atoms with E-state index >= 15 is 0 Å². The van der Waals surface area contributed by atoms with Crippen LogP contribution in [0.3, 0.4) is 0 Å². The lowest BCUT2D eigenvalue weighted by Gasteiger charge is -2.41. The zero-order valence-corrected chi connectivity index (χ0v) is 10.5. The molecule has 0 amide bonds. The average Bonchev–Trinajstić information content (AvgIpc) is 2.32. The van der Waals surface area contributed by atoms with Crippen LogP contribution in [0.2, 0.25) is 0 Å². The summed E-state index contributed by atoms with van der Waals surface area (Å²) in [5.41, 5.74) is 1.42. The van der Waals surface area contributed by atoms with Gasteiger partial charge in [0.05, 0.1) is 0 Å². The Kier molecular flexibility index (Phi) is 3.62. The summed E-state index contributed by atoms with van der Waals surface area (Å²) in [6, 6.07) is 12.5. The van der Waals surface area contributed by atoms with Crippen LogP contribution in [0.25, 0.3) is 0 Å². The second kappa shape index (κ2) is 4.98. The van der Waals surface area contributed by atoms with Crippen molar-refractivity contribution in [3.63, 3.8) is 0 Å². The highest BCUT2D eigenvalue weighted by atomic mass is 15.2. The molecular weight excluding hydrogens is 196 g/mol. The van der Waals surface area contributed by atoms with E-state index in [4.69, 9.17) is 0 Å². The maximum absolute atomic E-state index is 3.53. The minimum Gasteiger partial charge on any atom is -0.311 e. The van der Waals surface area contributed by atoms with Crippen molar-refractivity contribution in [2.24, 2.45) is 0 Å². The smallest absolute Gasteiger partial charge is 0.0323 e. The lowest BCUT2D eigenvalue weighted by atomic mass is 10.0. The van der Waals surface area contributed by atoms with Gasteiger partial charge < -0.3 is 5.32 Å². The summed E-state index contributed by atoms with van der Waals surface area (Å²) in [6.45, 7) is 9.11. The first-order chi connectivity index (χ1) is 7.68. The lowest BCUT2D eigenvalue weighted by Crippen LogP contribution is -2.54. The Bertz CT molecular complexity index is 323. The van der Waals surface area contributed by atoms with Gasteiger partial charge in [0.1, 0.15) is 0 Å². The van der Waals surface area contributed by atoms with Gasteiger partial charge in [-0.15, -0.1) is 0 Å². The van der Waals surface area contributed by atoms with Crippen molar-refractivity contribution in [1.29, 1.82) is 0 Å². The Hall–Kier alpha value is -0.860. The number of hydrogen-bond acceptors (Lipinski definition) is 2. The van der Waals surface area contributed by atoms with Gasteiger partial charge in [-0.25, -0.2) is 0 Å². The van der Waals surface area contributed by atoms with Crippen LogP contribution in [0.5, 0.6) is 0 Å². The Balaban J connectivity index is 2.11. The third kappa shape index (κ3) is 2.45. The van der Waals surface area contributed by atoms with E-state index in [0.717, 1.165) is 13.1 Å². The molecule has 2 rings (SSSR count). The highest BCUT2D eigenvalue weighted by Gasteiger charge is 2.26. The third-order valence-electron chi connectivity index (χ3n) is 3.59. The first-order valence-electron chi connectivity index (χ1n) is 6.22. The minimum absolute atomic E-state index is 0.515. The SMILES string of the molecule is CC1CN(C(C)c2ccccc2)C(C)CN1. The summed E-state index contributed by atoms with van der Waals surface area (Å²) in [7, 11) is 0. The van der Waals surface area contributed by atoms with E-state index in [9.17, 15) is 0 Å². The first-order valence-corrected chi connectivity index (χ1v) is 6.22. The molecule has 1 aromatic rings. The van der Waals surface area contributed by atoms with Gasteiger partial charge >= 0.3 is 0 Å². The molecule has 1 aromatic carbocycles. The van der Waals surface area contributed by atoms with Crippen LogP contribution >= 0.6 is 0 Å². The topological polar surface area (TPSA) is 15.3 Å². The third-order valence-corrected chi connectivity index (χ3v) is 3.59. The Morgan fingerprint density at radius 3 is 2.62 bits per heavy atom. The normalized spacial score (nSPS) is 28.9. The Labute approximate surface area is 98.7 Å². The fourth-order valence-corrected chi connectivity index (χ4v) is 2.51. The molecule has 2 heteroatoms. The molecule has 2 nitrogen and oxygen atoms in total. The zero-order valence-electron chi connectivity index (χ0n) is 10.5. The van der Waals surface area contributed by atoms with Crippen LogP contribution in [0, 0.1) is 0 Å². The molecule has 16 heavy (non-hydrogen) atoms. The largest absolute Gasteiger partial charge is 0.311 e. The van der Waals surface area contributed by atoms with Crippen molar-refractivity contribution in [2.75, 3.05) is 13.1 Å². The first kappa shape index (κ1) is 11.6. The fraction of sp³-hybridized carbons (Fsp3) is 0.571. The van der Waals surface area contributed by atoms with E-state index < -0.39 is 0 Å². The maximum Gasteiger partial charge on any atom is 0.0323 e. The van der Waals surface area contributed by atoms with E-state index in [0.29, 0.717) is 18.1 Å². The zero-order chi connectivity index (χ0) is 11.5. The molecule has 0 radical (unpaired) electrons. The van der Waals surface area contributed by atoms with Crippen molar-refractivity contribution in [3.8, 4) is 0 Å². The number of rotatable bonds is 2.